The largest absolute Gasteiger partial charge is 0.472 e. The van der Waals surface area contributed by atoms with E-state index in [1.54, 1.807) is 0 Å². The van der Waals surface area contributed by atoms with E-state index in [4.69, 9.17) is 39.0 Å². The number of hydrogen-bond acceptors (Lipinski definition) is 16. The van der Waals surface area contributed by atoms with Crippen LogP contribution < -0.4 is 17.0 Å². The summed E-state index contributed by atoms with van der Waals surface area (Å²) in [4.78, 5) is 48.4. The molecule has 9 N–H and O–H groups in total. The number of imidazole rings is 1. The number of anilines is 2. The molecule has 0 spiro atoms. The quantitative estimate of drug-likeness (QED) is 0.124. The number of pyridine rings is 1. The van der Waals surface area contributed by atoms with Crippen LogP contribution in [0.3, 0.4) is 0 Å². The van der Waals surface area contributed by atoms with Gasteiger partial charge in [-0.1, -0.05) is 0 Å². The molecule has 3 fully saturated rings. The Balaban J connectivity index is 1.21. The first-order chi connectivity index (χ1) is 21.3. The highest BCUT2D eigenvalue weighted by Crippen LogP contribution is 2.53. The Morgan fingerprint density at radius 3 is 2.33 bits per heavy atom. The van der Waals surface area contributed by atoms with E-state index in [0.29, 0.717) is 5.52 Å². The molecule has 7 heterocycles. The molecule has 2 bridgehead atoms. The number of aromatic amines is 1. The van der Waals surface area contributed by atoms with Crippen molar-refractivity contribution in [3.8, 4) is 0 Å². The van der Waals surface area contributed by atoms with Gasteiger partial charge in [0.05, 0.1) is 30.6 Å². The molecule has 0 aliphatic carbocycles. The van der Waals surface area contributed by atoms with Crippen LogP contribution in [0.25, 0.3) is 22.2 Å². The number of phosphoric acid groups is 2. The number of nitrogens with one attached hydrogen (secondary N) is 1. The lowest BCUT2D eigenvalue weighted by atomic mass is 10.1. The van der Waals surface area contributed by atoms with Gasteiger partial charge in [0, 0.05) is 12.4 Å². The number of aliphatic hydroxyl groups is 2. The number of nitrogens with zero attached hydrogens (tertiary/aromatic N) is 5. The van der Waals surface area contributed by atoms with E-state index in [-0.39, 0.29) is 28.3 Å². The van der Waals surface area contributed by atoms with Gasteiger partial charge in [-0.15, -0.1) is 0 Å². The number of nitrogens with two attached hydrogens (primary N) is 2. The fourth-order valence-electron chi connectivity index (χ4n) is 5.52. The average molecular weight is 672 g/mol. The lowest BCUT2D eigenvalue weighted by molar-refractivity contribution is -0.0670. The van der Waals surface area contributed by atoms with E-state index in [1.165, 1.54) is 40.0 Å². The van der Waals surface area contributed by atoms with Crippen LogP contribution in [0.4, 0.5) is 11.6 Å². The third-order valence-corrected chi connectivity index (χ3v) is 9.55. The van der Waals surface area contributed by atoms with Crippen molar-refractivity contribution in [3.63, 3.8) is 0 Å². The first kappa shape index (κ1) is 30.4. The molecule has 23 heteroatoms. The molecule has 4 aromatic rings. The third-order valence-electron chi connectivity index (χ3n) is 7.58. The van der Waals surface area contributed by atoms with Gasteiger partial charge in [0.25, 0.3) is 5.56 Å². The van der Waals surface area contributed by atoms with Crippen molar-refractivity contribution >= 4 is 49.5 Å². The molecule has 0 amide bonds. The number of H-pyrrole nitrogens is 1. The van der Waals surface area contributed by atoms with Crippen LogP contribution in [0.5, 0.6) is 0 Å². The molecule has 4 unspecified atom stereocenters. The van der Waals surface area contributed by atoms with Crippen LogP contribution in [0, 0.1) is 0 Å². The van der Waals surface area contributed by atoms with Crippen molar-refractivity contribution in [2.45, 2.75) is 49.1 Å². The molecule has 242 valence electrons. The van der Waals surface area contributed by atoms with Crippen LogP contribution in [0.15, 0.2) is 35.6 Å². The zero-order valence-corrected chi connectivity index (χ0v) is 24.5. The molecule has 3 saturated heterocycles. The highest BCUT2D eigenvalue weighted by molar-refractivity contribution is 7.47. The second-order valence-electron chi connectivity index (χ2n) is 10.4. The van der Waals surface area contributed by atoms with E-state index in [9.17, 15) is 33.9 Å². The highest BCUT2D eigenvalue weighted by atomic mass is 31.2. The maximum Gasteiger partial charge on any atom is 0.472 e. The summed E-state index contributed by atoms with van der Waals surface area (Å²) in [5.41, 5.74) is 11.8. The predicted molar refractivity (Wildman–Crippen MR) is 148 cm³/mol. The minimum atomic E-state index is -5.09. The van der Waals surface area contributed by atoms with Gasteiger partial charge in [0.15, 0.2) is 23.8 Å². The molecular formula is C22H26N8O13P2. The van der Waals surface area contributed by atoms with Gasteiger partial charge in [-0.05, 0) is 12.1 Å². The minimum Gasteiger partial charge on any atom is -0.397 e. The van der Waals surface area contributed by atoms with Crippen LogP contribution in [0.1, 0.15) is 12.5 Å². The number of phosphoric ester groups is 2. The lowest BCUT2D eigenvalue weighted by Crippen LogP contribution is -2.36. The summed E-state index contributed by atoms with van der Waals surface area (Å²) in [6, 6.07) is 2.88. The first-order valence-corrected chi connectivity index (χ1v) is 16.2. The summed E-state index contributed by atoms with van der Waals surface area (Å²) < 4.78 is 61.4. The highest BCUT2D eigenvalue weighted by Gasteiger charge is 2.53. The molecule has 45 heavy (non-hydrogen) atoms. The number of rotatable bonds is 2. The van der Waals surface area contributed by atoms with Crippen LogP contribution in [0.2, 0.25) is 0 Å². The first-order valence-electron chi connectivity index (χ1n) is 13.2. The van der Waals surface area contributed by atoms with Gasteiger partial charge < -0.3 is 45.5 Å². The molecule has 10 atom stereocenters. The Morgan fingerprint density at radius 2 is 1.58 bits per heavy atom. The summed E-state index contributed by atoms with van der Waals surface area (Å²) in [7, 11) is -10.1. The second-order valence-corrected chi connectivity index (χ2v) is 13.2. The number of fused-ring (bicyclic) bond motifs is 5. The minimum absolute atomic E-state index is 0.0138. The molecule has 0 aromatic carbocycles. The van der Waals surface area contributed by atoms with Crippen molar-refractivity contribution in [2.24, 2.45) is 0 Å². The second kappa shape index (κ2) is 10.9. The zero-order valence-electron chi connectivity index (χ0n) is 22.7. The topological polar surface area (TPSA) is 304 Å². The SMILES string of the molecule is Nc1nc2c(ccn2[C@@H]2OC3COP(=O)(O)O[C@@H]4C(COP(=O)(O)O[C@@H]2[C@@H]3O)O[C@@H](n2cnc3c(N)ccnc32)[C@@H]4O)c(=O)[nH]1. The Kier molecular flexibility index (Phi) is 7.36. The molecule has 0 saturated carbocycles. The van der Waals surface area contributed by atoms with Crippen molar-refractivity contribution in [2.75, 3.05) is 24.7 Å². The van der Waals surface area contributed by atoms with Gasteiger partial charge in [-0.2, -0.15) is 4.98 Å². The zero-order chi connectivity index (χ0) is 31.8. The monoisotopic (exact) mass is 672 g/mol. The van der Waals surface area contributed by atoms with Crippen LogP contribution in [-0.2, 0) is 36.7 Å². The van der Waals surface area contributed by atoms with Crippen molar-refractivity contribution < 1.29 is 56.7 Å². The Morgan fingerprint density at radius 1 is 0.889 bits per heavy atom. The molecule has 4 aromatic heterocycles. The average Bonchev–Trinajstić information content (AvgIpc) is 3.72. The molecule has 21 nitrogen and oxygen atoms in total. The smallest absolute Gasteiger partial charge is 0.397 e. The van der Waals surface area contributed by atoms with Crippen molar-refractivity contribution in [1.29, 1.82) is 0 Å². The molecular weight excluding hydrogens is 646 g/mol. The van der Waals surface area contributed by atoms with Gasteiger partial charge >= 0.3 is 15.6 Å². The predicted octanol–water partition coefficient (Wildman–Crippen LogP) is -1.13. The summed E-state index contributed by atoms with van der Waals surface area (Å²) >= 11 is 0. The van der Waals surface area contributed by atoms with Gasteiger partial charge in [-0.25, -0.2) is 19.1 Å². The van der Waals surface area contributed by atoms with Gasteiger partial charge in [0.2, 0.25) is 5.95 Å². The number of nitrogen functional groups attached to an aromatic ring is 2. The van der Waals surface area contributed by atoms with Crippen molar-refractivity contribution in [3.05, 3.63) is 41.2 Å². The van der Waals surface area contributed by atoms with E-state index in [0.717, 1.165) is 0 Å². The summed E-state index contributed by atoms with van der Waals surface area (Å²) in [6.45, 7) is -1.60. The van der Waals surface area contributed by atoms with Crippen LogP contribution in [-0.4, -0.2) is 98.9 Å². The normalized spacial score (nSPS) is 37.7. The maximum absolute atomic E-state index is 13.2. The Hall–Kier alpha value is -3.30. The van der Waals surface area contributed by atoms with E-state index < -0.39 is 83.5 Å². The maximum atomic E-state index is 13.2. The lowest BCUT2D eigenvalue weighted by Gasteiger charge is -2.26. The fraction of sp³-hybridized carbons (Fsp3) is 0.455. The molecule has 3 aliphatic rings. The number of ether oxygens (including phenoxy) is 2. The standard InChI is InChI=1S/C22H26N8O13P2/c23-9-1-3-25-18-12(9)26-7-30(18)20-14(32)15-11(41-20)6-39-45(36,37)43-16-13(31)10(5-38-44(34,35)42-15)40-21(16)29-4-2-8-17(29)27-22(24)28-19(8)33/h1-4,7,10-11,13-16,20-21,31-32H,5-6H2,(H2,23,25)(H,34,35)(H,36,37)(H3,24,27,28,33)/t10?,11?,13-,14-,15-,16-,20-,21-/m1/s1. The summed E-state index contributed by atoms with van der Waals surface area (Å²) in [6.07, 6.45) is -8.37. The Labute approximate surface area is 250 Å². The number of hydrogen-bond donors (Lipinski definition) is 7. The van der Waals surface area contributed by atoms with Gasteiger partial charge in [-0.3, -0.25) is 32.4 Å². The van der Waals surface area contributed by atoms with Gasteiger partial charge in [0.1, 0.15) is 42.1 Å². The summed E-state index contributed by atoms with van der Waals surface area (Å²) in [5.74, 6) is -0.241. The molecule has 0 radical (unpaired) electrons. The van der Waals surface area contributed by atoms with E-state index >= 15 is 0 Å². The van der Waals surface area contributed by atoms with Crippen LogP contribution >= 0.6 is 15.6 Å². The molecule has 7 rings (SSSR count). The third kappa shape index (κ3) is 5.35. The Bertz CT molecular complexity index is 1930. The van der Waals surface area contributed by atoms with Crippen molar-refractivity contribution in [1.82, 2.24) is 29.1 Å². The van der Waals surface area contributed by atoms with E-state index in [1.807, 2.05) is 0 Å². The summed E-state index contributed by atoms with van der Waals surface area (Å²) in [5, 5.41) is 22.2. The molecule has 3 aliphatic heterocycles. The number of aromatic nitrogens is 6. The number of aliphatic hydroxyl groups excluding tert-OH is 2. The fourth-order valence-corrected chi connectivity index (χ4v) is 7.41. The van der Waals surface area contributed by atoms with E-state index in [2.05, 4.69) is 19.9 Å².